The van der Waals surface area contributed by atoms with E-state index in [1.54, 1.807) is 24.7 Å². The van der Waals surface area contributed by atoms with Gasteiger partial charge in [-0.3, -0.25) is 4.79 Å². The lowest BCUT2D eigenvalue weighted by Gasteiger charge is -2.27. The number of carbonyl (C=O) groups excluding carboxylic acids is 1. The van der Waals surface area contributed by atoms with Crippen molar-refractivity contribution in [2.75, 3.05) is 18.0 Å². The molecule has 7 nitrogen and oxygen atoms in total. The van der Waals surface area contributed by atoms with E-state index in [9.17, 15) is 4.79 Å². The summed E-state index contributed by atoms with van der Waals surface area (Å²) in [5, 5.41) is 4.37. The van der Waals surface area contributed by atoms with Gasteiger partial charge in [-0.1, -0.05) is 25.4 Å². The molecule has 0 unspecified atom stereocenters. The molecule has 0 aliphatic carbocycles. The first kappa shape index (κ1) is 21.9. The molecule has 1 aromatic carbocycles. The molecule has 0 atom stereocenters. The van der Waals surface area contributed by atoms with Crippen LogP contribution < -0.4 is 10.2 Å². The van der Waals surface area contributed by atoms with Crippen LogP contribution >= 0.6 is 11.6 Å². The van der Waals surface area contributed by atoms with Crippen molar-refractivity contribution in [1.82, 2.24) is 15.3 Å². The molecule has 0 aliphatic rings. The van der Waals surface area contributed by atoms with Crippen LogP contribution in [0.3, 0.4) is 0 Å². The zero-order chi connectivity index (χ0) is 22.5. The Labute approximate surface area is 191 Å². The standard InChI is InChI=1S/C24H25ClN4O3/c1-16(2)15-29(10-9-22(30)26-14-18-5-3-11-31-18)24-19-8-7-17(25)13-20(19)27-23(28-24)21-6-4-12-32-21/h3-8,11-13,16H,9-10,14-15H2,1-2H3,(H,26,30). The largest absolute Gasteiger partial charge is 0.467 e. The molecular formula is C24H25ClN4O3. The van der Waals surface area contributed by atoms with Crippen LogP contribution in [0.1, 0.15) is 26.0 Å². The Balaban J connectivity index is 1.61. The highest BCUT2D eigenvalue weighted by Gasteiger charge is 2.19. The van der Waals surface area contributed by atoms with E-state index in [4.69, 9.17) is 25.4 Å². The molecule has 3 heterocycles. The van der Waals surface area contributed by atoms with Crippen molar-refractivity contribution in [3.05, 3.63) is 65.8 Å². The van der Waals surface area contributed by atoms with Gasteiger partial charge < -0.3 is 19.1 Å². The van der Waals surface area contributed by atoms with E-state index in [-0.39, 0.29) is 5.91 Å². The van der Waals surface area contributed by atoms with Crippen LogP contribution in [-0.4, -0.2) is 29.0 Å². The van der Waals surface area contributed by atoms with E-state index in [1.165, 1.54) is 0 Å². The summed E-state index contributed by atoms with van der Waals surface area (Å²) in [7, 11) is 0. The summed E-state index contributed by atoms with van der Waals surface area (Å²) in [6, 6.07) is 12.8. The average molecular weight is 453 g/mol. The molecule has 3 aromatic heterocycles. The Morgan fingerprint density at radius 2 is 1.94 bits per heavy atom. The lowest BCUT2D eigenvalue weighted by molar-refractivity contribution is -0.121. The van der Waals surface area contributed by atoms with Gasteiger partial charge in [-0.15, -0.1) is 0 Å². The second-order valence-corrected chi connectivity index (χ2v) is 8.39. The number of nitrogens with zero attached hydrogens (tertiary/aromatic N) is 3. The summed E-state index contributed by atoms with van der Waals surface area (Å²) in [6.07, 6.45) is 3.51. The molecule has 0 saturated carbocycles. The maximum atomic E-state index is 12.5. The molecule has 1 amide bonds. The maximum absolute atomic E-state index is 12.5. The van der Waals surface area contributed by atoms with Gasteiger partial charge in [-0.25, -0.2) is 9.97 Å². The van der Waals surface area contributed by atoms with Gasteiger partial charge in [0.15, 0.2) is 11.6 Å². The molecule has 0 spiro atoms. The zero-order valence-electron chi connectivity index (χ0n) is 18.0. The van der Waals surface area contributed by atoms with Crippen LogP contribution in [0.5, 0.6) is 0 Å². The van der Waals surface area contributed by atoms with Gasteiger partial charge in [-0.05, 0) is 48.4 Å². The minimum absolute atomic E-state index is 0.0529. The Kier molecular flexibility index (Phi) is 6.75. The number of halogens is 1. The molecule has 166 valence electrons. The molecule has 0 radical (unpaired) electrons. The number of carbonyl (C=O) groups is 1. The molecule has 1 N–H and O–H groups in total. The van der Waals surface area contributed by atoms with Crippen LogP contribution in [0.4, 0.5) is 5.82 Å². The van der Waals surface area contributed by atoms with Gasteiger partial charge >= 0.3 is 0 Å². The number of fused-ring (bicyclic) bond motifs is 1. The number of furan rings is 2. The fourth-order valence-electron chi connectivity index (χ4n) is 3.49. The van der Waals surface area contributed by atoms with E-state index < -0.39 is 0 Å². The number of benzene rings is 1. The van der Waals surface area contributed by atoms with Gasteiger partial charge in [0.2, 0.25) is 5.91 Å². The predicted molar refractivity (Wildman–Crippen MR) is 124 cm³/mol. The Bertz CT molecular complexity index is 1170. The van der Waals surface area contributed by atoms with Gasteiger partial charge in [0.1, 0.15) is 11.6 Å². The van der Waals surface area contributed by atoms with E-state index >= 15 is 0 Å². The smallest absolute Gasteiger partial charge is 0.222 e. The molecule has 0 aliphatic heterocycles. The van der Waals surface area contributed by atoms with Crippen LogP contribution in [0.2, 0.25) is 5.02 Å². The second kappa shape index (κ2) is 9.87. The summed E-state index contributed by atoms with van der Waals surface area (Å²) in [5.41, 5.74) is 0.727. The topological polar surface area (TPSA) is 84.4 Å². The van der Waals surface area contributed by atoms with Gasteiger partial charge in [0.25, 0.3) is 0 Å². The van der Waals surface area contributed by atoms with Crippen molar-refractivity contribution < 1.29 is 13.6 Å². The van der Waals surface area contributed by atoms with Crippen LogP contribution in [0.15, 0.2) is 63.8 Å². The van der Waals surface area contributed by atoms with Gasteiger partial charge in [-0.2, -0.15) is 0 Å². The van der Waals surface area contributed by atoms with E-state index in [0.29, 0.717) is 42.0 Å². The zero-order valence-corrected chi connectivity index (χ0v) is 18.8. The highest BCUT2D eigenvalue weighted by molar-refractivity contribution is 6.31. The lowest BCUT2D eigenvalue weighted by atomic mass is 10.1. The predicted octanol–water partition coefficient (Wildman–Crippen LogP) is 5.31. The maximum Gasteiger partial charge on any atom is 0.222 e. The van der Waals surface area contributed by atoms with E-state index in [0.717, 1.165) is 29.0 Å². The Morgan fingerprint density at radius 3 is 2.66 bits per heavy atom. The first-order valence-corrected chi connectivity index (χ1v) is 10.9. The third kappa shape index (κ3) is 5.29. The highest BCUT2D eigenvalue weighted by atomic mass is 35.5. The molecule has 32 heavy (non-hydrogen) atoms. The fourth-order valence-corrected chi connectivity index (χ4v) is 3.66. The molecule has 8 heteroatoms. The monoisotopic (exact) mass is 452 g/mol. The second-order valence-electron chi connectivity index (χ2n) is 7.96. The normalized spacial score (nSPS) is 11.2. The minimum Gasteiger partial charge on any atom is -0.467 e. The van der Waals surface area contributed by atoms with Crippen molar-refractivity contribution in [2.24, 2.45) is 5.92 Å². The van der Waals surface area contributed by atoms with Crippen LogP contribution in [0.25, 0.3) is 22.5 Å². The lowest BCUT2D eigenvalue weighted by Crippen LogP contribution is -2.33. The van der Waals surface area contributed by atoms with Crippen LogP contribution in [-0.2, 0) is 11.3 Å². The molecule has 0 fully saturated rings. The summed E-state index contributed by atoms with van der Waals surface area (Å²) >= 11 is 6.23. The molecule has 4 rings (SSSR count). The molecule has 4 aromatic rings. The molecule has 0 bridgehead atoms. The van der Waals surface area contributed by atoms with Crippen molar-refractivity contribution in [3.8, 4) is 11.6 Å². The molecular weight excluding hydrogens is 428 g/mol. The number of anilines is 1. The summed E-state index contributed by atoms with van der Waals surface area (Å²) in [4.78, 5) is 24.1. The molecule has 0 saturated heterocycles. The number of hydrogen-bond acceptors (Lipinski definition) is 6. The van der Waals surface area contributed by atoms with E-state index in [2.05, 4.69) is 29.0 Å². The minimum atomic E-state index is -0.0529. The van der Waals surface area contributed by atoms with Crippen molar-refractivity contribution >= 4 is 34.2 Å². The number of aromatic nitrogens is 2. The fraction of sp³-hybridized carbons (Fsp3) is 0.292. The summed E-state index contributed by atoms with van der Waals surface area (Å²) in [5.74, 6) is 2.85. The first-order valence-electron chi connectivity index (χ1n) is 10.5. The van der Waals surface area contributed by atoms with Gasteiger partial charge in [0, 0.05) is 29.9 Å². The highest BCUT2D eigenvalue weighted by Crippen LogP contribution is 2.30. The van der Waals surface area contributed by atoms with Crippen molar-refractivity contribution in [1.29, 1.82) is 0 Å². The van der Waals surface area contributed by atoms with Crippen molar-refractivity contribution in [2.45, 2.75) is 26.8 Å². The number of rotatable bonds is 9. The van der Waals surface area contributed by atoms with Crippen LogP contribution in [0, 0.1) is 5.92 Å². The van der Waals surface area contributed by atoms with Gasteiger partial charge in [0.05, 0.1) is 24.6 Å². The summed E-state index contributed by atoms with van der Waals surface area (Å²) in [6.45, 7) is 5.88. The number of amides is 1. The summed E-state index contributed by atoms with van der Waals surface area (Å²) < 4.78 is 10.8. The SMILES string of the molecule is CC(C)CN(CCC(=O)NCc1ccco1)c1nc(-c2ccco2)nc2cc(Cl)ccc12. The quantitative estimate of drug-likeness (QED) is 0.370. The number of hydrogen-bond donors (Lipinski definition) is 1. The third-order valence-corrected chi connectivity index (χ3v) is 5.15. The van der Waals surface area contributed by atoms with Crippen molar-refractivity contribution in [3.63, 3.8) is 0 Å². The first-order chi connectivity index (χ1) is 15.5. The van der Waals surface area contributed by atoms with E-state index in [1.807, 2.05) is 30.3 Å². The third-order valence-electron chi connectivity index (χ3n) is 4.91. The Hall–Kier alpha value is -3.32. The number of nitrogens with one attached hydrogen (secondary N) is 1. The average Bonchev–Trinajstić information content (AvgIpc) is 3.48. The Morgan fingerprint density at radius 1 is 1.12 bits per heavy atom.